The summed E-state index contributed by atoms with van der Waals surface area (Å²) in [6.45, 7) is 1.08. The number of hydrogen-bond acceptors (Lipinski definition) is 3. The molecule has 0 saturated heterocycles. The van der Waals surface area contributed by atoms with E-state index in [1.165, 1.54) is 0 Å². The van der Waals surface area contributed by atoms with Gasteiger partial charge in [0.15, 0.2) is 0 Å². The van der Waals surface area contributed by atoms with Gasteiger partial charge >= 0.3 is 6.18 Å². The summed E-state index contributed by atoms with van der Waals surface area (Å²) in [5.41, 5.74) is -0.787. The molecule has 1 heterocycles. The highest BCUT2D eigenvalue weighted by Crippen LogP contribution is 2.38. The Balaban J connectivity index is 2.99. The smallest absolute Gasteiger partial charge is 0.323 e. The number of nitrogens with one attached hydrogen (secondary N) is 1. The molecule has 3 nitrogen and oxygen atoms in total. The molecule has 1 aromatic carbocycles. The highest BCUT2D eigenvalue weighted by Gasteiger charge is 2.36. The number of anilines is 1. The fraction of sp³-hybridized carbons (Fsp3) is 0.182. The van der Waals surface area contributed by atoms with E-state index in [2.05, 4.69) is 4.98 Å². The highest BCUT2D eigenvalue weighted by atomic mass is 19.4. The van der Waals surface area contributed by atoms with E-state index in [9.17, 15) is 22.0 Å². The van der Waals surface area contributed by atoms with Gasteiger partial charge < -0.3 is 5.43 Å². The zero-order chi connectivity index (χ0) is 14.4. The molecule has 19 heavy (non-hydrogen) atoms. The predicted molar refractivity (Wildman–Crippen MR) is 59.2 cm³/mol. The maximum Gasteiger partial charge on any atom is 0.433 e. The van der Waals surface area contributed by atoms with Crippen LogP contribution in [-0.4, -0.2) is 4.98 Å². The third-order valence-corrected chi connectivity index (χ3v) is 2.69. The van der Waals surface area contributed by atoms with Crippen molar-refractivity contribution in [2.75, 3.05) is 5.43 Å². The van der Waals surface area contributed by atoms with Crippen LogP contribution in [0, 0.1) is 18.6 Å². The van der Waals surface area contributed by atoms with E-state index in [1.807, 2.05) is 5.43 Å². The van der Waals surface area contributed by atoms with E-state index in [0.29, 0.717) is 6.07 Å². The van der Waals surface area contributed by atoms with E-state index in [0.717, 1.165) is 13.0 Å². The molecule has 2 rings (SSSR count). The van der Waals surface area contributed by atoms with Crippen molar-refractivity contribution in [3.05, 3.63) is 35.0 Å². The number of halogens is 5. The Morgan fingerprint density at radius 1 is 1.16 bits per heavy atom. The van der Waals surface area contributed by atoms with Crippen LogP contribution in [-0.2, 0) is 6.18 Å². The van der Waals surface area contributed by atoms with E-state index >= 15 is 0 Å². The van der Waals surface area contributed by atoms with Crippen molar-refractivity contribution in [1.29, 1.82) is 0 Å². The number of benzene rings is 1. The van der Waals surface area contributed by atoms with Crippen LogP contribution in [0.4, 0.5) is 27.6 Å². The lowest BCUT2D eigenvalue weighted by Crippen LogP contribution is -2.16. The molecule has 0 aliphatic heterocycles. The molecule has 0 aliphatic rings. The van der Waals surface area contributed by atoms with E-state index in [1.54, 1.807) is 0 Å². The number of hydrogen-bond donors (Lipinski definition) is 2. The van der Waals surface area contributed by atoms with Crippen molar-refractivity contribution in [2.45, 2.75) is 13.1 Å². The largest absolute Gasteiger partial charge is 0.433 e. The molecule has 8 heteroatoms. The maximum absolute atomic E-state index is 13.6. The minimum atomic E-state index is -4.79. The normalized spacial score (nSPS) is 11.9. The van der Waals surface area contributed by atoms with Gasteiger partial charge in [-0.3, -0.25) is 5.84 Å². The van der Waals surface area contributed by atoms with Gasteiger partial charge in [0, 0.05) is 5.56 Å². The molecule has 3 N–H and O–H groups in total. The van der Waals surface area contributed by atoms with Gasteiger partial charge in [0.05, 0.1) is 11.1 Å². The summed E-state index contributed by atoms with van der Waals surface area (Å²) >= 11 is 0. The van der Waals surface area contributed by atoms with Gasteiger partial charge in [0.25, 0.3) is 0 Å². The molecule has 0 unspecified atom stereocenters. The highest BCUT2D eigenvalue weighted by molar-refractivity contribution is 5.94. The van der Waals surface area contributed by atoms with Crippen LogP contribution < -0.4 is 11.3 Å². The van der Waals surface area contributed by atoms with Crippen molar-refractivity contribution in [2.24, 2.45) is 5.84 Å². The Hall–Kier alpha value is -1.96. The SMILES string of the molecule is Cc1c(C(F)(F)F)nc2c(F)ccc(F)c2c1NN. The summed E-state index contributed by atoms with van der Waals surface area (Å²) in [5.74, 6) is 3.15. The van der Waals surface area contributed by atoms with Crippen molar-refractivity contribution in [3.63, 3.8) is 0 Å². The van der Waals surface area contributed by atoms with Crippen LogP contribution in [0.15, 0.2) is 12.1 Å². The number of nitrogens with zero attached hydrogens (tertiary/aromatic N) is 1. The molecule has 2 aromatic rings. The minimum Gasteiger partial charge on any atom is -0.323 e. The number of pyridine rings is 1. The molecule has 0 amide bonds. The molecule has 0 atom stereocenters. The molecule has 0 saturated carbocycles. The van der Waals surface area contributed by atoms with E-state index in [-0.39, 0.29) is 5.69 Å². The number of nitrogen functional groups attached to an aromatic ring is 1. The van der Waals surface area contributed by atoms with Crippen molar-refractivity contribution < 1.29 is 22.0 Å². The summed E-state index contributed by atoms with van der Waals surface area (Å²) in [5, 5.41) is -0.409. The van der Waals surface area contributed by atoms with Gasteiger partial charge in [-0.2, -0.15) is 13.2 Å². The van der Waals surface area contributed by atoms with Crippen LogP contribution >= 0.6 is 0 Å². The topological polar surface area (TPSA) is 50.9 Å². The Bertz CT molecular complexity index is 651. The Kier molecular flexibility index (Phi) is 3.05. The summed E-state index contributed by atoms with van der Waals surface area (Å²) in [7, 11) is 0. The van der Waals surface area contributed by atoms with Crippen molar-refractivity contribution in [3.8, 4) is 0 Å². The lowest BCUT2D eigenvalue weighted by molar-refractivity contribution is -0.141. The van der Waals surface area contributed by atoms with Crippen molar-refractivity contribution >= 4 is 16.6 Å². The van der Waals surface area contributed by atoms with Gasteiger partial charge in [-0.1, -0.05) is 0 Å². The Morgan fingerprint density at radius 2 is 1.74 bits per heavy atom. The molecular formula is C11H8F5N3. The molecule has 0 spiro atoms. The molecule has 0 fully saturated rings. The second kappa shape index (κ2) is 4.30. The quantitative estimate of drug-likeness (QED) is 0.478. The third kappa shape index (κ3) is 2.07. The van der Waals surface area contributed by atoms with Gasteiger partial charge in [0.1, 0.15) is 22.8 Å². The third-order valence-electron chi connectivity index (χ3n) is 2.69. The summed E-state index contributed by atoms with van der Waals surface area (Å²) in [4.78, 5) is 3.18. The summed E-state index contributed by atoms with van der Waals surface area (Å²) in [6, 6.07) is 1.51. The zero-order valence-corrected chi connectivity index (χ0v) is 9.57. The van der Waals surface area contributed by atoms with Crippen LogP contribution in [0.5, 0.6) is 0 Å². The lowest BCUT2D eigenvalue weighted by atomic mass is 10.1. The minimum absolute atomic E-state index is 0.339. The Morgan fingerprint density at radius 3 is 2.26 bits per heavy atom. The average Bonchev–Trinajstić information content (AvgIpc) is 2.32. The second-order valence-corrected chi connectivity index (χ2v) is 3.86. The zero-order valence-electron chi connectivity index (χ0n) is 9.57. The second-order valence-electron chi connectivity index (χ2n) is 3.86. The van der Waals surface area contributed by atoms with E-state index < -0.39 is 40.0 Å². The first kappa shape index (κ1) is 13.5. The van der Waals surface area contributed by atoms with Crippen LogP contribution in [0.1, 0.15) is 11.3 Å². The molecule has 102 valence electrons. The number of aromatic nitrogens is 1. The first-order chi connectivity index (χ1) is 8.77. The number of rotatable bonds is 1. The summed E-state index contributed by atoms with van der Waals surface area (Å²) < 4.78 is 65.5. The number of alkyl halides is 3. The molecular weight excluding hydrogens is 269 g/mol. The van der Waals surface area contributed by atoms with Gasteiger partial charge in [-0.05, 0) is 19.1 Å². The monoisotopic (exact) mass is 277 g/mol. The van der Waals surface area contributed by atoms with E-state index in [4.69, 9.17) is 5.84 Å². The van der Waals surface area contributed by atoms with Gasteiger partial charge in [-0.25, -0.2) is 13.8 Å². The first-order valence-electron chi connectivity index (χ1n) is 5.09. The van der Waals surface area contributed by atoms with Crippen molar-refractivity contribution in [1.82, 2.24) is 4.98 Å². The maximum atomic E-state index is 13.6. The lowest BCUT2D eigenvalue weighted by Gasteiger charge is -2.16. The molecule has 0 radical (unpaired) electrons. The van der Waals surface area contributed by atoms with Gasteiger partial charge in [-0.15, -0.1) is 0 Å². The molecule has 0 bridgehead atoms. The van der Waals surface area contributed by atoms with Crippen LogP contribution in [0.2, 0.25) is 0 Å². The van der Waals surface area contributed by atoms with Crippen LogP contribution in [0.3, 0.4) is 0 Å². The fourth-order valence-corrected chi connectivity index (χ4v) is 1.85. The first-order valence-corrected chi connectivity index (χ1v) is 5.09. The standard InChI is InChI=1S/C11H8F5N3/c1-4-8(19-17)7-5(12)2-3-6(13)9(7)18-10(4)11(14,15)16/h2-3H,17H2,1H3,(H,18,19). The fourth-order valence-electron chi connectivity index (χ4n) is 1.85. The van der Waals surface area contributed by atoms with Crippen LogP contribution in [0.25, 0.3) is 10.9 Å². The number of nitrogens with two attached hydrogens (primary N) is 1. The average molecular weight is 277 g/mol. The Labute approximate surface area is 104 Å². The van der Waals surface area contributed by atoms with Gasteiger partial charge in [0.2, 0.25) is 0 Å². The number of hydrazine groups is 1. The summed E-state index contributed by atoms with van der Waals surface area (Å²) in [6.07, 6.45) is -4.79. The number of fused-ring (bicyclic) bond motifs is 1. The molecule has 0 aliphatic carbocycles. The molecule has 1 aromatic heterocycles. The predicted octanol–water partition coefficient (Wildman–Crippen LogP) is 3.13.